The first-order valence-corrected chi connectivity index (χ1v) is 6.79. The van der Waals surface area contributed by atoms with Crippen LogP contribution in [0.15, 0.2) is 42.8 Å². The lowest BCUT2D eigenvalue weighted by Crippen LogP contribution is -2.21. The van der Waals surface area contributed by atoms with Crippen molar-refractivity contribution >= 4 is 17.8 Å². The van der Waals surface area contributed by atoms with Crippen molar-refractivity contribution in [1.82, 2.24) is 4.98 Å². The lowest BCUT2D eigenvalue weighted by molar-refractivity contribution is -0.192. The van der Waals surface area contributed by atoms with Crippen molar-refractivity contribution in [1.29, 1.82) is 0 Å². The standard InChI is InChI=1S/C13H14N2O2.C2HF3O2/c1-2-17-13(16)11-6-7-12(14-10-11)15-8-4-3-5-9-15;3-2(4,5)1(6)7/h3-8,10H,2,9H2,1H3;(H,6,7). The van der Waals surface area contributed by atoms with Crippen molar-refractivity contribution < 1.29 is 32.6 Å². The maximum absolute atomic E-state index is 11.4. The third kappa shape index (κ3) is 6.11. The molecular formula is C15H15F3N2O4. The molecule has 24 heavy (non-hydrogen) atoms. The number of hydrogen-bond acceptors (Lipinski definition) is 5. The molecule has 0 radical (unpaired) electrons. The number of esters is 1. The molecule has 6 nitrogen and oxygen atoms in total. The number of hydrogen-bond donors (Lipinski definition) is 1. The van der Waals surface area contributed by atoms with Gasteiger partial charge >= 0.3 is 18.1 Å². The highest BCUT2D eigenvalue weighted by atomic mass is 19.4. The van der Waals surface area contributed by atoms with E-state index >= 15 is 0 Å². The van der Waals surface area contributed by atoms with Crippen LogP contribution in [-0.4, -0.2) is 41.4 Å². The van der Waals surface area contributed by atoms with Crippen molar-refractivity contribution in [3.05, 3.63) is 48.3 Å². The Morgan fingerprint density at radius 3 is 2.42 bits per heavy atom. The number of carboxylic acid groups (broad SMARTS) is 1. The number of allylic oxidation sites excluding steroid dienone is 2. The van der Waals surface area contributed by atoms with Crippen molar-refractivity contribution in [2.24, 2.45) is 0 Å². The zero-order chi connectivity index (χ0) is 18.2. The number of aliphatic carboxylic acids is 1. The Bertz CT molecular complexity index is 625. The summed E-state index contributed by atoms with van der Waals surface area (Å²) in [5, 5.41) is 7.12. The first-order valence-electron chi connectivity index (χ1n) is 6.79. The van der Waals surface area contributed by atoms with Gasteiger partial charge in [0.25, 0.3) is 0 Å². The summed E-state index contributed by atoms with van der Waals surface area (Å²) in [6.07, 6.45) is 4.39. The predicted molar refractivity (Wildman–Crippen MR) is 79.5 cm³/mol. The smallest absolute Gasteiger partial charge is 0.475 e. The number of carboxylic acids is 1. The molecule has 2 heterocycles. The van der Waals surface area contributed by atoms with E-state index in [1.165, 1.54) is 0 Å². The van der Waals surface area contributed by atoms with Crippen molar-refractivity contribution in [3.63, 3.8) is 0 Å². The van der Waals surface area contributed by atoms with Crippen LogP contribution in [-0.2, 0) is 9.53 Å². The van der Waals surface area contributed by atoms with E-state index in [1.807, 2.05) is 35.4 Å². The third-order valence-corrected chi connectivity index (χ3v) is 2.61. The lowest BCUT2D eigenvalue weighted by Gasteiger charge is -2.19. The topological polar surface area (TPSA) is 79.7 Å². The molecule has 2 rings (SSSR count). The number of halogens is 3. The summed E-state index contributed by atoms with van der Waals surface area (Å²) < 4.78 is 36.6. The van der Waals surface area contributed by atoms with E-state index in [0.717, 1.165) is 12.4 Å². The molecule has 0 saturated carbocycles. The van der Waals surface area contributed by atoms with Crippen LogP contribution in [0.2, 0.25) is 0 Å². The molecular weight excluding hydrogens is 329 g/mol. The number of carbonyl (C=O) groups is 2. The molecule has 0 spiro atoms. The van der Waals surface area contributed by atoms with Crippen LogP contribution in [0.4, 0.5) is 19.0 Å². The minimum Gasteiger partial charge on any atom is -0.475 e. The van der Waals surface area contributed by atoms with Crippen LogP contribution in [0.5, 0.6) is 0 Å². The Morgan fingerprint density at radius 1 is 1.33 bits per heavy atom. The minimum atomic E-state index is -5.08. The second-order valence-electron chi connectivity index (χ2n) is 4.35. The quantitative estimate of drug-likeness (QED) is 0.850. The van der Waals surface area contributed by atoms with Crippen LogP contribution < -0.4 is 4.90 Å². The van der Waals surface area contributed by atoms with Gasteiger partial charge in [-0.1, -0.05) is 12.2 Å². The molecule has 130 valence electrons. The summed E-state index contributed by atoms with van der Waals surface area (Å²) in [6.45, 7) is 2.95. The second kappa shape index (κ2) is 8.70. The van der Waals surface area contributed by atoms with Crippen LogP contribution in [0.3, 0.4) is 0 Å². The zero-order valence-corrected chi connectivity index (χ0v) is 12.7. The van der Waals surface area contributed by atoms with Crippen molar-refractivity contribution in [2.45, 2.75) is 13.1 Å². The molecule has 0 amide bonds. The van der Waals surface area contributed by atoms with E-state index in [1.54, 1.807) is 19.2 Å². The highest BCUT2D eigenvalue weighted by Crippen LogP contribution is 2.14. The molecule has 1 aliphatic rings. The van der Waals surface area contributed by atoms with Gasteiger partial charge in [-0.3, -0.25) is 0 Å². The number of ether oxygens (including phenoxy) is 1. The SMILES string of the molecule is CCOC(=O)c1ccc(N2C=CC=CC2)nc1.O=C(O)C(F)(F)F. The predicted octanol–water partition coefficient (Wildman–Crippen LogP) is 2.78. The highest BCUT2D eigenvalue weighted by Gasteiger charge is 2.38. The summed E-state index contributed by atoms with van der Waals surface area (Å²) >= 11 is 0. The third-order valence-electron chi connectivity index (χ3n) is 2.61. The van der Waals surface area contributed by atoms with Gasteiger partial charge in [-0.15, -0.1) is 0 Å². The Hall–Kier alpha value is -2.84. The summed E-state index contributed by atoms with van der Waals surface area (Å²) in [7, 11) is 0. The monoisotopic (exact) mass is 344 g/mol. The fraction of sp³-hybridized carbons (Fsp3) is 0.267. The molecule has 0 fully saturated rings. The van der Waals surface area contributed by atoms with Crippen LogP contribution in [0, 0.1) is 0 Å². The number of pyridine rings is 1. The largest absolute Gasteiger partial charge is 0.490 e. The number of anilines is 1. The van der Waals surface area contributed by atoms with E-state index in [4.69, 9.17) is 14.6 Å². The van der Waals surface area contributed by atoms with Gasteiger partial charge in [0.2, 0.25) is 0 Å². The van der Waals surface area contributed by atoms with E-state index in [2.05, 4.69) is 4.98 Å². The highest BCUT2D eigenvalue weighted by molar-refractivity contribution is 5.89. The fourth-order valence-electron chi connectivity index (χ4n) is 1.53. The average molecular weight is 344 g/mol. The molecule has 0 atom stereocenters. The average Bonchev–Trinajstić information content (AvgIpc) is 2.56. The summed E-state index contributed by atoms with van der Waals surface area (Å²) in [5.41, 5.74) is 0.479. The molecule has 0 saturated heterocycles. The molecule has 1 aromatic rings. The van der Waals surface area contributed by atoms with Crippen LogP contribution in [0.1, 0.15) is 17.3 Å². The van der Waals surface area contributed by atoms with E-state index in [-0.39, 0.29) is 5.97 Å². The number of carbonyl (C=O) groups excluding carboxylic acids is 1. The van der Waals surface area contributed by atoms with E-state index < -0.39 is 12.1 Å². The minimum absolute atomic E-state index is 0.333. The van der Waals surface area contributed by atoms with Gasteiger partial charge < -0.3 is 14.7 Å². The maximum atomic E-state index is 11.4. The van der Waals surface area contributed by atoms with Crippen molar-refractivity contribution in [3.8, 4) is 0 Å². The lowest BCUT2D eigenvalue weighted by atomic mass is 10.2. The van der Waals surface area contributed by atoms with Gasteiger partial charge in [0.15, 0.2) is 0 Å². The molecule has 0 bridgehead atoms. The van der Waals surface area contributed by atoms with E-state index in [0.29, 0.717) is 12.2 Å². The van der Waals surface area contributed by atoms with Gasteiger partial charge in [-0.05, 0) is 25.1 Å². The normalized spacial score (nSPS) is 13.1. The van der Waals surface area contributed by atoms with Gasteiger partial charge in [0, 0.05) is 18.9 Å². The zero-order valence-electron chi connectivity index (χ0n) is 12.7. The first-order chi connectivity index (χ1) is 11.3. The Labute approximate surface area is 135 Å². The first kappa shape index (κ1) is 19.2. The van der Waals surface area contributed by atoms with Gasteiger partial charge in [-0.2, -0.15) is 13.2 Å². The van der Waals surface area contributed by atoms with Crippen LogP contribution in [0.25, 0.3) is 0 Å². The van der Waals surface area contributed by atoms with Gasteiger partial charge in [0.05, 0.1) is 12.2 Å². The number of aromatic nitrogens is 1. The molecule has 0 aliphatic carbocycles. The molecule has 9 heteroatoms. The Balaban J connectivity index is 0.000000351. The Morgan fingerprint density at radius 2 is 2.00 bits per heavy atom. The summed E-state index contributed by atoms with van der Waals surface area (Å²) in [4.78, 5) is 26.6. The molecule has 1 aliphatic heterocycles. The molecule has 0 aromatic carbocycles. The number of nitrogens with zero attached hydrogens (tertiary/aromatic N) is 2. The molecule has 1 aromatic heterocycles. The van der Waals surface area contributed by atoms with Gasteiger partial charge in [0.1, 0.15) is 5.82 Å². The Kier molecular flexibility index (Phi) is 6.97. The maximum Gasteiger partial charge on any atom is 0.490 e. The number of alkyl halides is 3. The summed E-state index contributed by atoms with van der Waals surface area (Å²) in [5.74, 6) is -2.27. The fourth-order valence-corrected chi connectivity index (χ4v) is 1.53. The van der Waals surface area contributed by atoms with Gasteiger partial charge in [-0.25, -0.2) is 14.6 Å². The van der Waals surface area contributed by atoms with E-state index in [9.17, 15) is 18.0 Å². The molecule has 1 N–H and O–H groups in total. The van der Waals surface area contributed by atoms with Crippen LogP contribution >= 0.6 is 0 Å². The second-order valence-corrected chi connectivity index (χ2v) is 4.35. The number of rotatable bonds is 3. The summed E-state index contributed by atoms with van der Waals surface area (Å²) in [6, 6.07) is 3.54. The van der Waals surface area contributed by atoms with Crippen molar-refractivity contribution in [2.75, 3.05) is 18.1 Å². The molecule has 0 unspecified atom stereocenters.